The van der Waals surface area contributed by atoms with E-state index in [0.29, 0.717) is 13.1 Å². The standard InChI is InChI=1S/C13H24N2O3S/c1-3-15(9-11(16)17)12(18)14-10-13(19-2)7-5-4-6-8-13/h3-10H2,1-2H3,(H,14,18)(H,16,17). The lowest BCUT2D eigenvalue weighted by Gasteiger charge is -2.36. The Hall–Kier alpha value is -0.910. The highest BCUT2D eigenvalue weighted by Gasteiger charge is 2.32. The smallest absolute Gasteiger partial charge is 0.323 e. The van der Waals surface area contributed by atoms with E-state index >= 15 is 0 Å². The number of hydrogen-bond acceptors (Lipinski definition) is 3. The lowest BCUT2D eigenvalue weighted by molar-refractivity contribution is -0.137. The third kappa shape index (κ3) is 4.93. The molecule has 1 fully saturated rings. The number of hydrogen-bond donors (Lipinski definition) is 2. The fourth-order valence-corrected chi connectivity index (χ4v) is 3.40. The molecule has 1 rings (SSSR count). The van der Waals surface area contributed by atoms with Crippen molar-refractivity contribution in [3.63, 3.8) is 0 Å². The quantitative estimate of drug-likeness (QED) is 0.786. The van der Waals surface area contributed by atoms with Crippen LogP contribution < -0.4 is 5.32 Å². The molecule has 2 N–H and O–H groups in total. The van der Waals surface area contributed by atoms with E-state index in [-0.39, 0.29) is 17.3 Å². The molecule has 0 saturated heterocycles. The Morgan fingerprint density at radius 1 is 1.32 bits per heavy atom. The first-order valence-electron chi connectivity index (χ1n) is 6.83. The monoisotopic (exact) mass is 288 g/mol. The van der Waals surface area contributed by atoms with Crippen LogP contribution in [0.3, 0.4) is 0 Å². The number of aliphatic carboxylic acids is 1. The Morgan fingerprint density at radius 3 is 2.42 bits per heavy atom. The van der Waals surface area contributed by atoms with Crippen molar-refractivity contribution >= 4 is 23.8 Å². The molecule has 0 aliphatic heterocycles. The van der Waals surface area contributed by atoms with Gasteiger partial charge in [-0.1, -0.05) is 19.3 Å². The molecular weight excluding hydrogens is 264 g/mol. The number of carbonyl (C=O) groups excluding carboxylic acids is 1. The number of likely N-dealkylation sites (N-methyl/N-ethyl adjacent to an activating group) is 1. The molecule has 0 radical (unpaired) electrons. The largest absolute Gasteiger partial charge is 0.480 e. The van der Waals surface area contributed by atoms with E-state index in [1.54, 1.807) is 6.92 Å². The summed E-state index contributed by atoms with van der Waals surface area (Å²) in [7, 11) is 0. The van der Waals surface area contributed by atoms with E-state index in [1.807, 2.05) is 11.8 Å². The van der Waals surface area contributed by atoms with Gasteiger partial charge in [0.25, 0.3) is 0 Å². The number of nitrogens with one attached hydrogen (secondary N) is 1. The van der Waals surface area contributed by atoms with Gasteiger partial charge in [0.15, 0.2) is 0 Å². The van der Waals surface area contributed by atoms with Crippen LogP contribution in [0.4, 0.5) is 4.79 Å². The zero-order chi connectivity index (χ0) is 14.3. The summed E-state index contributed by atoms with van der Waals surface area (Å²) >= 11 is 1.82. The van der Waals surface area contributed by atoms with Crippen LogP contribution in [-0.2, 0) is 4.79 Å². The summed E-state index contributed by atoms with van der Waals surface area (Å²) in [4.78, 5) is 23.9. The maximum absolute atomic E-state index is 12.0. The van der Waals surface area contributed by atoms with Crippen LogP contribution in [0, 0.1) is 0 Å². The average molecular weight is 288 g/mol. The second-order valence-electron chi connectivity index (χ2n) is 5.01. The number of amides is 2. The third-order valence-corrected chi connectivity index (χ3v) is 5.17. The van der Waals surface area contributed by atoms with Crippen molar-refractivity contribution in [2.24, 2.45) is 0 Å². The second-order valence-corrected chi connectivity index (χ2v) is 6.29. The predicted molar refractivity (Wildman–Crippen MR) is 77.6 cm³/mol. The van der Waals surface area contributed by atoms with Crippen molar-refractivity contribution in [1.82, 2.24) is 10.2 Å². The highest BCUT2D eigenvalue weighted by atomic mass is 32.2. The van der Waals surface area contributed by atoms with Gasteiger partial charge >= 0.3 is 12.0 Å². The van der Waals surface area contributed by atoms with Crippen molar-refractivity contribution < 1.29 is 14.7 Å². The molecule has 1 saturated carbocycles. The maximum atomic E-state index is 12.0. The molecule has 0 aromatic rings. The molecule has 0 heterocycles. The first kappa shape index (κ1) is 16.1. The lowest BCUT2D eigenvalue weighted by atomic mass is 9.88. The average Bonchev–Trinajstić information content (AvgIpc) is 2.43. The van der Waals surface area contributed by atoms with Crippen LogP contribution in [0.1, 0.15) is 39.0 Å². The molecule has 0 bridgehead atoms. The van der Waals surface area contributed by atoms with Crippen molar-refractivity contribution in [3.8, 4) is 0 Å². The molecule has 110 valence electrons. The van der Waals surface area contributed by atoms with Crippen LogP contribution >= 0.6 is 11.8 Å². The Bertz CT molecular complexity index is 317. The van der Waals surface area contributed by atoms with Crippen LogP contribution in [-0.4, -0.2) is 52.6 Å². The zero-order valence-electron chi connectivity index (χ0n) is 11.8. The molecule has 0 atom stereocenters. The molecule has 6 heteroatoms. The molecule has 0 spiro atoms. The van der Waals surface area contributed by atoms with Gasteiger partial charge in [-0.05, 0) is 26.0 Å². The first-order valence-corrected chi connectivity index (χ1v) is 8.05. The number of nitrogens with zero attached hydrogens (tertiary/aromatic N) is 1. The molecule has 1 aliphatic rings. The summed E-state index contributed by atoms with van der Waals surface area (Å²) in [6.07, 6.45) is 8.04. The Balaban J connectivity index is 2.48. The highest BCUT2D eigenvalue weighted by Crippen LogP contribution is 2.37. The van der Waals surface area contributed by atoms with E-state index in [2.05, 4.69) is 11.6 Å². The van der Waals surface area contributed by atoms with Crippen molar-refractivity contribution in [3.05, 3.63) is 0 Å². The summed E-state index contributed by atoms with van der Waals surface area (Å²) in [5, 5.41) is 11.7. The third-order valence-electron chi connectivity index (χ3n) is 3.75. The van der Waals surface area contributed by atoms with E-state index in [1.165, 1.54) is 24.2 Å². The van der Waals surface area contributed by atoms with E-state index in [0.717, 1.165) is 12.8 Å². The van der Waals surface area contributed by atoms with E-state index in [9.17, 15) is 9.59 Å². The summed E-state index contributed by atoms with van der Waals surface area (Å²) in [6.45, 7) is 2.58. The van der Waals surface area contributed by atoms with Crippen molar-refractivity contribution in [2.75, 3.05) is 25.9 Å². The number of carbonyl (C=O) groups is 2. The zero-order valence-corrected chi connectivity index (χ0v) is 12.6. The van der Waals surface area contributed by atoms with Gasteiger partial charge in [0.1, 0.15) is 6.54 Å². The maximum Gasteiger partial charge on any atom is 0.323 e. The second kappa shape index (κ2) is 7.62. The normalized spacial score (nSPS) is 17.8. The van der Waals surface area contributed by atoms with Crippen LogP contribution in [0.5, 0.6) is 0 Å². The Morgan fingerprint density at radius 2 is 1.95 bits per heavy atom. The van der Waals surface area contributed by atoms with Gasteiger partial charge in [-0.2, -0.15) is 11.8 Å². The Labute approximate surface area is 119 Å². The van der Waals surface area contributed by atoms with E-state index < -0.39 is 5.97 Å². The molecule has 2 amide bonds. The minimum absolute atomic E-state index is 0.135. The van der Waals surface area contributed by atoms with Crippen LogP contribution in [0.15, 0.2) is 0 Å². The van der Waals surface area contributed by atoms with Crippen molar-refractivity contribution in [1.29, 1.82) is 0 Å². The van der Waals surface area contributed by atoms with Gasteiger partial charge in [0, 0.05) is 17.8 Å². The Kier molecular flexibility index (Phi) is 6.48. The number of carboxylic acids is 1. The van der Waals surface area contributed by atoms with Crippen LogP contribution in [0.25, 0.3) is 0 Å². The minimum Gasteiger partial charge on any atom is -0.480 e. The predicted octanol–water partition coefficient (Wildman–Crippen LogP) is 2.17. The highest BCUT2D eigenvalue weighted by molar-refractivity contribution is 8.00. The summed E-state index contributed by atoms with van der Waals surface area (Å²) in [5.41, 5.74) is 0. The summed E-state index contributed by atoms with van der Waals surface area (Å²) < 4.78 is 0.135. The van der Waals surface area contributed by atoms with Crippen LogP contribution in [0.2, 0.25) is 0 Å². The van der Waals surface area contributed by atoms with Gasteiger partial charge in [-0.15, -0.1) is 0 Å². The van der Waals surface area contributed by atoms with Gasteiger partial charge < -0.3 is 15.3 Å². The lowest BCUT2D eigenvalue weighted by Crippen LogP contribution is -2.48. The number of rotatable bonds is 6. The molecule has 0 aromatic carbocycles. The van der Waals surface area contributed by atoms with Gasteiger partial charge in [0.2, 0.25) is 0 Å². The number of thioether (sulfide) groups is 1. The topological polar surface area (TPSA) is 69.6 Å². The van der Waals surface area contributed by atoms with Gasteiger partial charge in [0.05, 0.1) is 0 Å². The van der Waals surface area contributed by atoms with Gasteiger partial charge in [-0.3, -0.25) is 4.79 Å². The molecular formula is C13H24N2O3S. The fraction of sp³-hybridized carbons (Fsp3) is 0.846. The van der Waals surface area contributed by atoms with Gasteiger partial charge in [-0.25, -0.2) is 4.79 Å². The van der Waals surface area contributed by atoms with E-state index in [4.69, 9.17) is 5.11 Å². The summed E-state index contributed by atoms with van der Waals surface area (Å²) in [6, 6.07) is -0.274. The molecule has 19 heavy (non-hydrogen) atoms. The molecule has 0 aromatic heterocycles. The fourth-order valence-electron chi connectivity index (χ4n) is 2.49. The molecule has 5 nitrogen and oxygen atoms in total. The molecule has 0 unspecified atom stereocenters. The SMILES string of the molecule is CCN(CC(=O)O)C(=O)NCC1(SC)CCCCC1. The minimum atomic E-state index is -0.978. The first-order chi connectivity index (χ1) is 9.03. The number of urea groups is 1. The molecule has 1 aliphatic carbocycles. The number of carboxylic acid groups (broad SMARTS) is 1. The van der Waals surface area contributed by atoms with Crippen molar-refractivity contribution in [2.45, 2.75) is 43.8 Å². The summed E-state index contributed by atoms with van der Waals surface area (Å²) in [5.74, 6) is -0.978.